The van der Waals surface area contributed by atoms with Gasteiger partial charge in [0.15, 0.2) is 0 Å². The molecular weight excluding hydrogens is 262 g/mol. The average molecular weight is 281 g/mol. The van der Waals surface area contributed by atoms with Crippen LogP contribution in [0.1, 0.15) is 30.6 Å². The van der Waals surface area contributed by atoms with Crippen molar-refractivity contribution in [2.45, 2.75) is 25.8 Å². The van der Waals surface area contributed by atoms with Crippen molar-refractivity contribution in [3.63, 3.8) is 0 Å². The van der Waals surface area contributed by atoms with Crippen LogP contribution in [0.25, 0.3) is 0 Å². The first-order valence-corrected chi connectivity index (χ1v) is 7.03. The molecular formula is C17H19N3O. The van der Waals surface area contributed by atoms with E-state index in [1.165, 1.54) is 0 Å². The van der Waals surface area contributed by atoms with Crippen LogP contribution in [0, 0.1) is 11.3 Å². The highest BCUT2D eigenvalue weighted by atomic mass is 16.5. The normalized spacial score (nSPS) is 11.7. The first kappa shape index (κ1) is 15.0. The van der Waals surface area contributed by atoms with Gasteiger partial charge in [0.25, 0.3) is 0 Å². The Kier molecular flexibility index (Phi) is 5.30. The molecule has 1 aromatic carbocycles. The van der Waals surface area contributed by atoms with Crippen molar-refractivity contribution >= 4 is 0 Å². The Bertz CT molecular complexity index is 595. The fourth-order valence-electron chi connectivity index (χ4n) is 2.12. The number of rotatable bonds is 6. The third-order valence-electron chi connectivity index (χ3n) is 3.32. The topological polar surface area (TPSA) is 57.9 Å². The third kappa shape index (κ3) is 4.04. The lowest BCUT2D eigenvalue weighted by Crippen LogP contribution is -2.16. The highest BCUT2D eigenvalue weighted by Crippen LogP contribution is 2.23. The van der Waals surface area contributed by atoms with Gasteiger partial charge in [0.05, 0.1) is 24.4 Å². The Morgan fingerprint density at radius 3 is 2.43 bits per heavy atom. The highest BCUT2D eigenvalue weighted by Gasteiger charge is 2.08. The molecule has 0 spiro atoms. The summed E-state index contributed by atoms with van der Waals surface area (Å²) in [6.07, 6.45) is 3.14. The van der Waals surface area contributed by atoms with Crippen LogP contribution in [0.3, 0.4) is 0 Å². The van der Waals surface area contributed by atoms with Crippen molar-refractivity contribution in [2.75, 3.05) is 7.05 Å². The first-order chi connectivity index (χ1) is 10.3. The zero-order valence-electron chi connectivity index (χ0n) is 12.3. The van der Waals surface area contributed by atoms with Crippen LogP contribution in [0.4, 0.5) is 0 Å². The van der Waals surface area contributed by atoms with Gasteiger partial charge >= 0.3 is 0 Å². The molecule has 108 valence electrons. The molecule has 4 nitrogen and oxygen atoms in total. The van der Waals surface area contributed by atoms with Crippen LogP contribution >= 0.6 is 0 Å². The summed E-state index contributed by atoms with van der Waals surface area (Å²) in [4.78, 5) is 4.43. The monoisotopic (exact) mass is 281 g/mol. The predicted molar refractivity (Wildman–Crippen MR) is 82.2 cm³/mol. The minimum absolute atomic E-state index is 0.268. The highest BCUT2D eigenvalue weighted by molar-refractivity contribution is 5.33. The molecule has 0 amide bonds. The zero-order valence-corrected chi connectivity index (χ0v) is 12.3. The molecule has 0 fully saturated rings. The van der Waals surface area contributed by atoms with Crippen molar-refractivity contribution in [2.24, 2.45) is 0 Å². The number of hydrogen-bond acceptors (Lipinski definition) is 4. The molecule has 0 aliphatic carbocycles. The Morgan fingerprint density at radius 2 is 1.90 bits per heavy atom. The maximum absolute atomic E-state index is 8.64. The van der Waals surface area contributed by atoms with Gasteiger partial charge in [-0.2, -0.15) is 5.26 Å². The van der Waals surface area contributed by atoms with E-state index >= 15 is 0 Å². The summed E-state index contributed by atoms with van der Waals surface area (Å²) >= 11 is 0. The number of ether oxygens (including phenoxy) is 1. The Labute approximate surface area is 125 Å². The quantitative estimate of drug-likeness (QED) is 0.878. The van der Waals surface area contributed by atoms with Gasteiger partial charge in [-0.3, -0.25) is 4.98 Å². The summed E-state index contributed by atoms with van der Waals surface area (Å²) < 4.78 is 5.75. The van der Waals surface area contributed by atoms with Gasteiger partial charge in [-0.05, 0) is 43.3 Å². The second kappa shape index (κ2) is 7.41. The van der Waals surface area contributed by atoms with E-state index in [1.54, 1.807) is 6.20 Å². The predicted octanol–water partition coefficient (Wildman–Crippen LogP) is 3.61. The molecule has 1 N–H and O–H groups in total. The minimum atomic E-state index is 0.268. The van der Waals surface area contributed by atoms with Crippen molar-refractivity contribution in [1.29, 1.82) is 5.26 Å². The molecule has 1 aromatic heterocycles. The second-order valence-corrected chi connectivity index (χ2v) is 4.75. The summed E-state index contributed by atoms with van der Waals surface area (Å²) in [6.45, 7) is 2.12. The van der Waals surface area contributed by atoms with Gasteiger partial charge in [-0.1, -0.05) is 19.1 Å². The van der Waals surface area contributed by atoms with Crippen LogP contribution in [-0.4, -0.2) is 12.0 Å². The van der Waals surface area contributed by atoms with Crippen molar-refractivity contribution in [3.05, 3.63) is 53.9 Å². The van der Waals surface area contributed by atoms with Crippen molar-refractivity contribution in [3.8, 4) is 17.6 Å². The van der Waals surface area contributed by atoms with E-state index in [1.807, 2.05) is 43.4 Å². The van der Waals surface area contributed by atoms with E-state index in [2.05, 4.69) is 23.3 Å². The Hall–Kier alpha value is -2.38. The largest absolute Gasteiger partial charge is 0.456 e. The molecule has 0 aliphatic rings. The van der Waals surface area contributed by atoms with E-state index in [4.69, 9.17) is 10.00 Å². The van der Waals surface area contributed by atoms with Gasteiger partial charge in [0, 0.05) is 6.04 Å². The standard InChI is InChI=1S/C17H19N3O/c1-3-16(19-2)17-9-8-15(12-20-17)21-14-6-4-13(5-7-14)10-11-18/h4-9,12,16,19H,3,10H2,1-2H3. The SMILES string of the molecule is CCC(NC)c1ccc(Oc2ccc(CC#N)cc2)cn1. The molecule has 1 atom stereocenters. The lowest BCUT2D eigenvalue weighted by molar-refractivity contribution is 0.477. The lowest BCUT2D eigenvalue weighted by atomic mass is 10.1. The molecule has 21 heavy (non-hydrogen) atoms. The van der Waals surface area contributed by atoms with E-state index in [-0.39, 0.29) is 6.04 Å². The second-order valence-electron chi connectivity index (χ2n) is 4.75. The summed E-state index contributed by atoms with van der Waals surface area (Å²) in [6, 6.07) is 13.8. The summed E-state index contributed by atoms with van der Waals surface area (Å²) in [7, 11) is 1.93. The van der Waals surface area contributed by atoms with Crippen LogP contribution in [0.2, 0.25) is 0 Å². The van der Waals surface area contributed by atoms with Crippen molar-refractivity contribution in [1.82, 2.24) is 10.3 Å². The van der Waals surface area contributed by atoms with E-state index in [9.17, 15) is 0 Å². The van der Waals surface area contributed by atoms with Gasteiger partial charge in [-0.25, -0.2) is 0 Å². The molecule has 0 radical (unpaired) electrons. The Balaban J connectivity index is 2.04. The summed E-state index contributed by atoms with van der Waals surface area (Å²) in [5, 5.41) is 11.9. The fraction of sp³-hybridized carbons (Fsp3) is 0.294. The number of hydrogen-bond donors (Lipinski definition) is 1. The van der Waals surface area contributed by atoms with Gasteiger partial charge in [0.1, 0.15) is 11.5 Å². The van der Waals surface area contributed by atoms with Gasteiger partial charge in [0.2, 0.25) is 0 Å². The maximum atomic E-state index is 8.64. The van der Waals surface area contributed by atoms with Crippen LogP contribution in [0.15, 0.2) is 42.6 Å². The molecule has 0 saturated carbocycles. The number of benzene rings is 1. The molecule has 1 heterocycles. The average Bonchev–Trinajstić information content (AvgIpc) is 2.52. The van der Waals surface area contributed by atoms with Crippen LogP contribution in [-0.2, 0) is 6.42 Å². The Morgan fingerprint density at radius 1 is 1.19 bits per heavy atom. The fourth-order valence-corrected chi connectivity index (χ4v) is 2.12. The minimum Gasteiger partial charge on any atom is -0.456 e. The third-order valence-corrected chi connectivity index (χ3v) is 3.32. The molecule has 2 rings (SSSR count). The smallest absolute Gasteiger partial charge is 0.145 e. The van der Waals surface area contributed by atoms with Crippen molar-refractivity contribution < 1.29 is 4.74 Å². The van der Waals surface area contributed by atoms with E-state index in [0.29, 0.717) is 12.2 Å². The van der Waals surface area contributed by atoms with E-state index < -0.39 is 0 Å². The molecule has 1 unspecified atom stereocenters. The maximum Gasteiger partial charge on any atom is 0.145 e. The van der Waals surface area contributed by atoms with E-state index in [0.717, 1.165) is 23.4 Å². The number of nitrogens with one attached hydrogen (secondary N) is 1. The molecule has 0 saturated heterocycles. The molecule has 0 bridgehead atoms. The molecule has 0 aliphatic heterocycles. The first-order valence-electron chi connectivity index (χ1n) is 7.03. The number of nitriles is 1. The number of nitrogens with zero attached hydrogens (tertiary/aromatic N) is 2. The number of pyridine rings is 1. The van der Waals surface area contributed by atoms with Gasteiger partial charge < -0.3 is 10.1 Å². The van der Waals surface area contributed by atoms with Gasteiger partial charge in [-0.15, -0.1) is 0 Å². The summed E-state index contributed by atoms with van der Waals surface area (Å²) in [5.74, 6) is 1.45. The van der Waals surface area contributed by atoms with Crippen LogP contribution in [0.5, 0.6) is 11.5 Å². The summed E-state index contributed by atoms with van der Waals surface area (Å²) in [5.41, 5.74) is 2.00. The molecule has 2 aromatic rings. The number of aromatic nitrogens is 1. The lowest BCUT2D eigenvalue weighted by Gasteiger charge is -2.13. The zero-order chi connectivity index (χ0) is 15.1. The van der Waals surface area contributed by atoms with Crippen LogP contribution < -0.4 is 10.1 Å². The molecule has 4 heteroatoms.